The summed E-state index contributed by atoms with van der Waals surface area (Å²) in [6, 6.07) is 2.58. The van der Waals surface area contributed by atoms with Gasteiger partial charge in [0.05, 0.1) is 17.2 Å². The zero-order valence-corrected chi connectivity index (χ0v) is 11.5. The Morgan fingerprint density at radius 1 is 1.33 bits per heavy atom. The van der Waals surface area contributed by atoms with Gasteiger partial charge in [0.25, 0.3) is 0 Å². The normalized spacial score (nSPS) is 24.6. The number of nitrogens with zero attached hydrogens (tertiary/aromatic N) is 1. The fraction of sp³-hybridized carbons (Fsp3) is 0.385. The minimum atomic E-state index is -5.24. The third kappa shape index (κ3) is 2.90. The molecule has 0 bridgehead atoms. The molecule has 24 heavy (non-hydrogen) atoms. The van der Waals surface area contributed by atoms with Crippen LogP contribution in [-0.2, 0) is 21.4 Å². The van der Waals surface area contributed by atoms with Crippen LogP contribution in [0.2, 0.25) is 0 Å². The van der Waals surface area contributed by atoms with Gasteiger partial charge in [-0.3, -0.25) is 5.32 Å². The molecule has 2 atom stereocenters. The van der Waals surface area contributed by atoms with E-state index < -0.39 is 53.4 Å². The predicted molar refractivity (Wildman–Crippen MR) is 64.4 cm³/mol. The Balaban J connectivity index is 2.62. The Morgan fingerprint density at radius 3 is 2.38 bits per heavy atom. The monoisotopic (exact) mass is 354 g/mol. The molecule has 2 rings (SSSR count). The number of hydrogen-bond acceptors (Lipinski definition) is 4. The molecule has 0 aromatic heterocycles. The molecule has 130 valence electrons. The number of aliphatic carboxylic acids is 1. The number of hydrogen-bond donors (Lipinski definition) is 2. The summed E-state index contributed by atoms with van der Waals surface area (Å²) >= 11 is 0. The summed E-state index contributed by atoms with van der Waals surface area (Å²) in [5, 5.41) is 19.2. The van der Waals surface area contributed by atoms with Crippen LogP contribution in [0.4, 0.5) is 26.3 Å². The number of carbonyl (C=O) groups is 1. The molecule has 1 aliphatic rings. The summed E-state index contributed by atoms with van der Waals surface area (Å²) in [7, 11) is 0. The Labute approximate surface area is 130 Å². The molecular formula is C13H8F6N2O3. The van der Waals surface area contributed by atoms with Gasteiger partial charge in [-0.1, -0.05) is 6.07 Å². The lowest BCUT2D eigenvalue weighted by Gasteiger charge is -2.32. The second kappa shape index (κ2) is 5.64. The molecule has 1 fully saturated rings. The predicted octanol–water partition coefficient (Wildman–Crippen LogP) is 2.37. The molecule has 0 amide bonds. The van der Waals surface area contributed by atoms with Crippen molar-refractivity contribution in [2.24, 2.45) is 0 Å². The average molecular weight is 354 g/mol. The summed E-state index contributed by atoms with van der Waals surface area (Å²) in [6.45, 7) is -0.754. The van der Waals surface area contributed by atoms with Gasteiger partial charge in [0.15, 0.2) is 6.10 Å². The van der Waals surface area contributed by atoms with Crippen molar-refractivity contribution in [2.45, 2.75) is 24.2 Å². The molecule has 11 heteroatoms. The Kier molecular flexibility index (Phi) is 4.24. The Morgan fingerprint density at radius 2 is 1.96 bits per heavy atom. The first-order valence-corrected chi connectivity index (χ1v) is 6.26. The van der Waals surface area contributed by atoms with Crippen molar-refractivity contribution in [3.8, 4) is 6.07 Å². The van der Waals surface area contributed by atoms with E-state index in [-0.39, 0.29) is 6.07 Å². The number of nitriles is 1. The van der Waals surface area contributed by atoms with E-state index in [1.54, 1.807) is 5.32 Å². The Bertz CT molecular complexity index is 709. The van der Waals surface area contributed by atoms with E-state index >= 15 is 0 Å². The molecule has 1 aliphatic heterocycles. The number of ether oxygens (including phenoxy) is 1. The number of carboxylic acids is 1. The number of halogens is 6. The van der Waals surface area contributed by atoms with Gasteiger partial charge in [-0.05, 0) is 12.1 Å². The molecule has 2 unspecified atom stereocenters. The van der Waals surface area contributed by atoms with Gasteiger partial charge in [-0.2, -0.15) is 31.6 Å². The fourth-order valence-corrected chi connectivity index (χ4v) is 2.27. The zero-order valence-electron chi connectivity index (χ0n) is 11.5. The summed E-state index contributed by atoms with van der Waals surface area (Å²) in [4.78, 5) is 10.8. The molecule has 0 spiro atoms. The molecule has 1 aromatic rings. The van der Waals surface area contributed by atoms with Crippen LogP contribution in [0.25, 0.3) is 0 Å². The van der Waals surface area contributed by atoms with Crippen molar-refractivity contribution in [3.63, 3.8) is 0 Å². The molecule has 5 nitrogen and oxygen atoms in total. The molecular weight excluding hydrogens is 346 g/mol. The quantitative estimate of drug-likeness (QED) is 0.797. The highest BCUT2D eigenvalue weighted by Gasteiger charge is 2.62. The minimum absolute atomic E-state index is 0.128. The van der Waals surface area contributed by atoms with Gasteiger partial charge >= 0.3 is 18.3 Å². The summed E-state index contributed by atoms with van der Waals surface area (Å²) in [6.07, 6.45) is -12.2. The summed E-state index contributed by atoms with van der Waals surface area (Å²) in [5.74, 6) is -1.70. The maximum atomic E-state index is 13.4. The highest BCUT2D eigenvalue weighted by molar-refractivity contribution is 5.73. The molecule has 2 N–H and O–H groups in total. The van der Waals surface area contributed by atoms with Gasteiger partial charge in [-0.15, -0.1) is 0 Å². The maximum absolute atomic E-state index is 13.4. The molecule has 0 saturated carbocycles. The van der Waals surface area contributed by atoms with Crippen LogP contribution in [0.1, 0.15) is 16.7 Å². The first kappa shape index (κ1) is 18.0. The lowest BCUT2D eigenvalue weighted by atomic mass is 9.96. The van der Waals surface area contributed by atoms with E-state index in [4.69, 9.17) is 10.4 Å². The fourth-order valence-electron chi connectivity index (χ4n) is 2.27. The van der Waals surface area contributed by atoms with E-state index in [9.17, 15) is 31.1 Å². The van der Waals surface area contributed by atoms with Crippen molar-refractivity contribution in [2.75, 3.05) is 6.54 Å². The SMILES string of the molecule is N#Cc1ccc(C2(C(F)(F)F)NCC(C(=O)O)O2)cc1C(F)(F)F. The van der Waals surface area contributed by atoms with E-state index in [0.29, 0.717) is 12.1 Å². The van der Waals surface area contributed by atoms with Gasteiger partial charge < -0.3 is 9.84 Å². The summed E-state index contributed by atoms with van der Waals surface area (Å²) in [5.41, 5.74) is -6.85. The molecule has 0 radical (unpaired) electrons. The van der Waals surface area contributed by atoms with Crippen molar-refractivity contribution in [1.82, 2.24) is 5.32 Å². The van der Waals surface area contributed by atoms with E-state index in [2.05, 4.69) is 4.74 Å². The van der Waals surface area contributed by atoms with Crippen LogP contribution in [0, 0.1) is 11.3 Å². The molecule has 1 heterocycles. The second-order valence-electron chi connectivity index (χ2n) is 4.87. The van der Waals surface area contributed by atoms with Crippen LogP contribution >= 0.6 is 0 Å². The lowest BCUT2D eigenvalue weighted by Crippen LogP contribution is -2.51. The van der Waals surface area contributed by atoms with Gasteiger partial charge in [0, 0.05) is 12.1 Å². The number of carboxylic acid groups (broad SMARTS) is 1. The van der Waals surface area contributed by atoms with Crippen molar-refractivity contribution in [3.05, 3.63) is 34.9 Å². The van der Waals surface area contributed by atoms with Crippen LogP contribution in [0.15, 0.2) is 18.2 Å². The maximum Gasteiger partial charge on any atom is 0.435 e. The lowest BCUT2D eigenvalue weighted by molar-refractivity contribution is -0.285. The second-order valence-corrected chi connectivity index (χ2v) is 4.87. The standard InChI is InChI=1S/C13H8F6N2O3/c14-12(15,16)8-3-7(2-1-6(8)4-20)11(13(17,18)19)21-5-9(24-11)10(22)23/h1-3,9,21H,5H2,(H,22,23). The van der Waals surface area contributed by atoms with E-state index in [0.717, 1.165) is 0 Å². The average Bonchev–Trinajstić information content (AvgIpc) is 2.92. The highest BCUT2D eigenvalue weighted by Crippen LogP contribution is 2.45. The van der Waals surface area contributed by atoms with Crippen LogP contribution in [0.5, 0.6) is 0 Å². The van der Waals surface area contributed by atoms with Crippen molar-refractivity contribution < 1.29 is 41.0 Å². The highest BCUT2D eigenvalue weighted by atomic mass is 19.4. The first-order valence-electron chi connectivity index (χ1n) is 6.26. The zero-order chi connectivity index (χ0) is 18.3. The van der Waals surface area contributed by atoms with Crippen LogP contribution < -0.4 is 5.32 Å². The number of rotatable bonds is 2. The largest absolute Gasteiger partial charge is 0.479 e. The van der Waals surface area contributed by atoms with E-state index in [1.165, 1.54) is 6.07 Å². The van der Waals surface area contributed by atoms with Crippen molar-refractivity contribution >= 4 is 5.97 Å². The molecule has 0 aliphatic carbocycles. The van der Waals surface area contributed by atoms with Crippen LogP contribution in [0.3, 0.4) is 0 Å². The third-order valence-electron chi connectivity index (χ3n) is 3.38. The molecule has 1 aromatic carbocycles. The third-order valence-corrected chi connectivity index (χ3v) is 3.38. The van der Waals surface area contributed by atoms with Crippen molar-refractivity contribution in [1.29, 1.82) is 5.26 Å². The molecule has 1 saturated heterocycles. The minimum Gasteiger partial charge on any atom is -0.479 e. The smallest absolute Gasteiger partial charge is 0.435 e. The van der Waals surface area contributed by atoms with E-state index in [1.807, 2.05) is 0 Å². The first-order chi connectivity index (χ1) is 10.9. The summed E-state index contributed by atoms with van der Waals surface area (Å²) < 4.78 is 83.6. The van der Waals surface area contributed by atoms with Gasteiger partial charge in [0.1, 0.15) is 0 Å². The number of alkyl halides is 6. The van der Waals surface area contributed by atoms with Gasteiger partial charge in [-0.25, -0.2) is 4.79 Å². The Hall–Kier alpha value is -2.32. The van der Waals surface area contributed by atoms with Crippen LogP contribution in [-0.4, -0.2) is 29.9 Å². The topological polar surface area (TPSA) is 82.4 Å². The van der Waals surface area contributed by atoms with Gasteiger partial charge in [0.2, 0.25) is 5.72 Å². The number of benzene rings is 1. The number of nitrogens with one attached hydrogen (secondary N) is 1.